The number of ether oxygens (including phenoxy) is 1. The molecule has 1 rings (SSSR count). The first-order valence-corrected chi connectivity index (χ1v) is 4.96. The summed E-state index contributed by atoms with van der Waals surface area (Å²) in [6, 6.07) is 0. The van der Waals surface area contributed by atoms with E-state index in [4.69, 9.17) is 9.84 Å². The smallest absolute Gasteiger partial charge is 0.390 e. The zero-order chi connectivity index (χ0) is 11.5. The second kappa shape index (κ2) is 5.14. The molecule has 0 aromatic rings. The Morgan fingerprint density at radius 1 is 1.40 bits per heavy atom. The van der Waals surface area contributed by atoms with Gasteiger partial charge in [-0.3, -0.25) is 4.90 Å². The minimum Gasteiger partial charge on any atom is -0.394 e. The maximum atomic E-state index is 12.0. The molecule has 1 N–H and O–H groups in total. The molecule has 0 spiro atoms. The van der Waals surface area contributed by atoms with E-state index >= 15 is 0 Å². The van der Waals surface area contributed by atoms with Crippen LogP contribution in [0.3, 0.4) is 0 Å². The zero-order valence-corrected chi connectivity index (χ0v) is 8.63. The molecule has 0 saturated carbocycles. The molecule has 0 radical (unpaired) electrons. The van der Waals surface area contributed by atoms with Crippen LogP contribution in [-0.2, 0) is 4.74 Å². The second-order valence-corrected chi connectivity index (χ2v) is 3.88. The normalized spacial score (nSPS) is 29.4. The highest BCUT2D eigenvalue weighted by atomic mass is 19.4. The summed E-state index contributed by atoms with van der Waals surface area (Å²) >= 11 is 0. The van der Waals surface area contributed by atoms with Crippen molar-refractivity contribution in [1.82, 2.24) is 4.90 Å². The van der Waals surface area contributed by atoms with E-state index in [2.05, 4.69) is 0 Å². The van der Waals surface area contributed by atoms with Crippen molar-refractivity contribution in [2.45, 2.75) is 31.7 Å². The van der Waals surface area contributed by atoms with Gasteiger partial charge in [0.15, 0.2) is 0 Å². The number of halogens is 3. The summed E-state index contributed by atoms with van der Waals surface area (Å²) in [6.07, 6.45) is -5.40. The van der Waals surface area contributed by atoms with Crippen molar-refractivity contribution in [2.24, 2.45) is 0 Å². The van der Waals surface area contributed by atoms with Crippen molar-refractivity contribution >= 4 is 0 Å². The SMILES string of the molecule is CC1CN(CCC(F)(F)F)CC(CO)O1. The number of rotatable bonds is 3. The van der Waals surface area contributed by atoms with E-state index in [0.717, 1.165) is 0 Å². The van der Waals surface area contributed by atoms with Crippen LogP contribution in [0, 0.1) is 0 Å². The number of hydrogen-bond acceptors (Lipinski definition) is 3. The van der Waals surface area contributed by atoms with Crippen LogP contribution < -0.4 is 0 Å². The molecule has 90 valence electrons. The lowest BCUT2D eigenvalue weighted by atomic mass is 10.2. The van der Waals surface area contributed by atoms with Crippen LogP contribution in [0.25, 0.3) is 0 Å². The van der Waals surface area contributed by atoms with Gasteiger partial charge in [-0.1, -0.05) is 0 Å². The molecule has 2 unspecified atom stereocenters. The van der Waals surface area contributed by atoms with Crippen molar-refractivity contribution < 1.29 is 23.0 Å². The van der Waals surface area contributed by atoms with E-state index in [0.29, 0.717) is 13.1 Å². The lowest BCUT2D eigenvalue weighted by Gasteiger charge is -2.36. The summed E-state index contributed by atoms with van der Waals surface area (Å²) in [4.78, 5) is 1.68. The van der Waals surface area contributed by atoms with E-state index < -0.39 is 12.6 Å². The molecule has 0 aromatic heterocycles. The van der Waals surface area contributed by atoms with E-state index in [9.17, 15) is 13.2 Å². The molecule has 1 heterocycles. The Hall–Kier alpha value is -0.330. The van der Waals surface area contributed by atoms with Gasteiger partial charge in [-0.2, -0.15) is 13.2 Å². The van der Waals surface area contributed by atoms with Crippen LogP contribution >= 0.6 is 0 Å². The monoisotopic (exact) mass is 227 g/mol. The van der Waals surface area contributed by atoms with E-state index in [1.165, 1.54) is 0 Å². The van der Waals surface area contributed by atoms with Gasteiger partial charge in [0, 0.05) is 19.6 Å². The van der Waals surface area contributed by atoms with Crippen molar-refractivity contribution in [3.63, 3.8) is 0 Å². The highest BCUT2D eigenvalue weighted by Crippen LogP contribution is 2.21. The van der Waals surface area contributed by atoms with Gasteiger partial charge in [0.1, 0.15) is 0 Å². The zero-order valence-electron chi connectivity index (χ0n) is 8.63. The molecule has 3 nitrogen and oxygen atoms in total. The Bertz CT molecular complexity index is 198. The summed E-state index contributed by atoms with van der Waals surface area (Å²) in [5.41, 5.74) is 0. The molecule has 0 aromatic carbocycles. The van der Waals surface area contributed by atoms with Gasteiger partial charge in [-0.05, 0) is 6.92 Å². The van der Waals surface area contributed by atoms with Gasteiger partial charge in [0.25, 0.3) is 0 Å². The van der Waals surface area contributed by atoms with E-state index in [1.807, 2.05) is 0 Å². The first-order chi connectivity index (χ1) is 6.90. The minimum absolute atomic E-state index is 0.0201. The molecular formula is C9H16F3NO2. The average molecular weight is 227 g/mol. The van der Waals surface area contributed by atoms with Crippen LogP contribution in [0.2, 0.25) is 0 Å². The van der Waals surface area contributed by atoms with Gasteiger partial charge in [0.05, 0.1) is 25.2 Å². The molecule has 1 fully saturated rings. The lowest BCUT2D eigenvalue weighted by Crippen LogP contribution is -2.48. The van der Waals surface area contributed by atoms with Crippen molar-refractivity contribution in [1.29, 1.82) is 0 Å². The van der Waals surface area contributed by atoms with Gasteiger partial charge >= 0.3 is 6.18 Å². The molecule has 0 bridgehead atoms. The largest absolute Gasteiger partial charge is 0.394 e. The maximum absolute atomic E-state index is 12.0. The third kappa shape index (κ3) is 4.81. The number of aliphatic hydroxyl groups excluding tert-OH is 1. The quantitative estimate of drug-likeness (QED) is 0.781. The average Bonchev–Trinajstić information content (AvgIpc) is 2.13. The number of morpholine rings is 1. The van der Waals surface area contributed by atoms with Crippen molar-refractivity contribution in [3.8, 4) is 0 Å². The predicted molar refractivity (Wildman–Crippen MR) is 48.5 cm³/mol. The lowest BCUT2D eigenvalue weighted by molar-refractivity contribution is -0.147. The standard InChI is InChI=1S/C9H16F3NO2/c1-7-4-13(3-2-9(10,11)12)5-8(6-14)15-7/h7-8,14H,2-6H2,1H3. The predicted octanol–water partition coefficient (Wildman–Crippen LogP) is 1.02. The Labute approximate surface area is 86.8 Å². The Morgan fingerprint density at radius 2 is 2.07 bits per heavy atom. The fourth-order valence-electron chi connectivity index (χ4n) is 1.71. The first-order valence-electron chi connectivity index (χ1n) is 4.96. The summed E-state index contributed by atoms with van der Waals surface area (Å²) in [7, 11) is 0. The topological polar surface area (TPSA) is 32.7 Å². The highest BCUT2D eigenvalue weighted by Gasteiger charge is 2.30. The molecular weight excluding hydrogens is 211 g/mol. The highest BCUT2D eigenvalue weighted by molar-refractivity contribution is 4.75. The third-order valence-electron chi connectivity index (χ3n) is 2.32. The summed E-state index contributed by atoms with van der Waals surface area (Å²) < 4.78 is 41.3. The Morgan fingerprint density at radius 3 is 2.60 bits per heavy atom. The fourth-order valence-corrected chi connectivity index (χ4v) is 1.71. The molecule has 0 aliphatic carbocycles. The molecule has 1 aliphatic heterocycles. The molecule has 0 amide bonds. The van der Waals surface area contributed by atoms with Crippen LogP contribution in [0.15, 0.2) is 0 Å². The molecule has 1 saturated heterocycles. The molecule has 1 aliphatic rings. The second-order valence-electron chi connectivity index (χ2n) is 3.88. The van der Waals surface area contributed by atoms with Crippen LogP contribution in [0.1, 0.15) is 13.3 Å². The Balaban J connectivity index is 2.35. The van der Waals surface area contributed by atoms with Gasteiger partial charge in [-0.25, -0.2) is 0 Å². The maximum Gasteiger partial charge on any atom is 0.390 e. The van der Waals surface area contributed by atoms with Crippen molar-refractivity contribution in [3.05, 3.63) is 0 Å². The molecule has 15 heavy (non-hydrogen) atoms. The summed E-state index contributed by atoms with van der Waals surface area (Å²) in [5.74, 6) is 0. The van der Waals surface area contributed by atoms with Gasteiger partial charge in [0.2, 0.25) is 0 Å². The van der Waals surface area contributed by atoms with Crippen LogP contribution in [0.5, 0.6) is 0 Å². The third-order valence-corrected chi connectivity index (χ3v) is 2.32. The summed E-state index contributed by atoms with van der Waals surface area (Å²) in [6.45, 7) is 2.49. The van der Waals surface area contributed by atoms with Gasteiger partial charge < -0.3 is 9.84 Å². The minimum atomic E-state index is -4.11. The summed E-state index contributed by atoms with van der Waals surface area (Å²) in [5, 5.41) is 8.88. The number of hydrogen-bond donors (Lipinski definition) is 1. The van der Waals surface area contributed by atoms with E-state index in [-0.39, 0.29) is 25.4 Å². The van der Waals surface area contributed by atoms with Crippen molar-refractivity contribution in [2.75, 3.05) is 26.2 Å². The van der Waals surface area contributed by atoms with E-state index in [1.54, 1.807) is 11.8 Å². The number of alkyl halides is 3. The molecule has 6 heteroatoms. The first kappa shape index (κ1) is 12.7. The Kier molecular flexibility index (Phi) is 4.36. The number of aliphatic hydroxyl groups is 1. The molecule has 2 atom stereocenters. The number of nitrogens with zero attached hydrogens (tertiary/aromatic N) is 1. The van der Waals surface area contributed by atoms with Crippen LogP contribution in [0.4, 0.5) is 13.2 Å². The van der Waals surface area contributed by atoms with Crippen LogP contribution in [-0.4, -0.2) is 54.6 Å². The van der Waals surface area contributed by atoms with Gasteiger partial charge in [-0.15, -0.1) is 0 Å². The fraction of sp³-hybridized carbons (Fsp3) is 1.00.